The zero-order valence-corrected chi connectivity index (χ0v) is 14.1. The lowest BCUT2D eigenvalue weighted by Gasteiger charge is -2.33. The van der Waals surface area contributed by atoms with Crippen molar-refractivity contribution in [3.63, 3.8) is 0 Å². The number of nitrogens with zero attached hydrogens (tertiary/aromatic N) is 3. The van der Waals surface area contributed by atoms with Gasteiger partial charge >= 0.3 is 0 Å². The fourth-order valence-corrected chi connectivity index (χ4v) is 3.27. The molecule has 1 fully saturated rings. The van der Waals surface area contributed by atoms with Crippen LogP contribution < -0.4 is 15.6 Å². The van der Waals surface area contributed by atoms with Crippen LogP contribution in [0.15, 0.2) is 23.4 Å². The van der Waals surface area contributed by atoms with Crippen LogP contribution in [-0.2, 0) is 9.59 Å². The van der Waals surface area contributed by atoms with Crippen molar-refractivity contribution >= 4 is 23.3 Å². The van der Waals surface area contributed by atoms with Crippen LogP contribution in [0.5, 0.6) is 0 Å². The molecule has 1 atom stereocenters. The predicted molar refractivity (Wildman–Crippen MR) is 91.7 cm³/mol. The van der Waals surface area contributed by atoms with Gasteiger partial charge in [0.25, 0.3) is 0 Å². The molecule has 2 aliphatic heterocycles. The summed E-state index contributed by atoms with van der Waals surface area (Å²) < 4.78 is 0. The van der Waals surface area contributed by atoms with E-state index in [-0.39, 0.29) is 23.8 Å². The van der Waals surface area contributed by atoms with Crippen molar-refractivity contribution in [3.05, 3.63) is 23.9 Å². The van der Waals surface area contributed by atoms with Gasteiger partial charge in [-0.1, -0.05) is 6.92 Å². The van der Waals surface area contributed by atoms with Crippen LogP contribution in [-0.4, -0.2) is 41.6 Å². The summed E-state index contributed by atoms with van der Waals surface area (Å²) in [7, 11) is 0. The average Bonchev–Trinajstić information content (AvgIpc) is 2.55. The van der Waals surface area contributed by atoms with Gasteiger partial charge in [-0.05, 0) is 25.0 Å². The van der Waals surface area contributed by atoms with Crippen molar-refractivity contribution in [2.24, 2.45) is 11.0 Å². The number of aromatic nitrogens is 1. The fraction of sp³-hybridized carbons (Fsp3) is 0.529. The summed E-state index contributed by atoms with van der Waals surface area (Å²) in [5, 5.41) is 7.14. The molecule has 128 valence electrons. The standard InChI is InChI=1S/C17H23N5O2/c1-11-9-16(24)20-21-17(11)13-3-4-15(18-10-13)22-7-5-14(6-8-22)19-12(2)23/h3-4,10-11,14H,5-9H2,1-2H3,(H,19,23)(H,20,24). The van der Waals surface area contributed by atoms with Gasteiger partial charge in [-0.15, -0.1) is 0 Å². The van der Waals surface area contributed by atoms with Crippen molar-refractivity contribution in [1.82, 2.24) is 15.7 Å². The van der Waals surface area contributed by atoms with Crippen molar-refractivity contribution < 1.29 is 9.59 Å². The topological polar surface area (TPSA) is 86.7 Å². The van der Waals surface area contributed by atoms with E-state index >= 15 is 0 Å². The molecule has 1 aromatic heterocycles. The molecule has 24 heavy (non-hydrogen) atoms. The summed E-state index contributed by atoms with van der Waals surface area (Å²) in [6.07, 6.45) is 4.14. The Morgan fingerprint density at radius 3 is 2.67 bits per heavy atom. The molecule has 7 heteroatoms. The Morgan fingerprint density at radius 2 is 2.08 bits per heavy atom. The number of anilines is 1. The molecular weight excluding hydrogens is 306 g/mol. The minimum absolute atomic E-state index is 0.0328. The molecule has 0 bridgehead atoms. The summed E-state index contributed by atoms with van der Waals surface area (Å²) in [6, 6.07) is 4.27. The molecule has 2 N–H and O–H groups in total. The summed E-state index contributed by atoms with van der Waals surface area (Å²) >= 11 is 0. The van der Waals surface area contributed by atoms with Crippen LogP contribution in [0.1, 0.15) is 38.7 Å². The second kappa shape index (κ2) is 6.98. The maximum Gasteiger partial charge on any atom is 0.240 e. The number of amides is 2. The molecule has 3 rings (SSSR count). The molecule has 0 aromatic carbocycles. The van der Waals surface area contributed by atoms with Gasteiger partial charge in [0.05, 0.1) is 5.71 Å². The largest absolute Gasteiger partial charge is 0.356 e. The summed E-state index contributed by atoms with van der Waals surface area (Å²) in [6.45, 7) is 5.32. The Hall–Kier alpha value is -2.44. The quantitative estimate of drug-likeness (QED) is 0.868. The lowest BCUT2D eigenvalue weighted by atomic mass is 9.95. The van der Waals surface area contributed by atoms with E-state index in [1.54, 1.807) is 6.92 Å². The molecule has 1 aromatic rings. The first kappa shape index (κ1) is 16.4. The molecule has 1 saturated heterocycles. The number of hydrogen-bond acceptors (Lipinski definition) is 5. The molecule has 2 amide bonds. The number of nitrogens with one attached hydrogen (secondary N) is 2. The Balaban J connectivity index is 1.63. The van der Waals surface area contributed by atoms with Gasteiger partial charge < -0.3 is 10.2 Å². The number of pyridine rings is 1. The second-order valence-corrected chi connectivity index (χ2v) is 6.50. The van der Waals surface area contributed by atoms with Gasteiger partial charge in [0.15, 0.2) is 0 Å². The molecule has 0 radical (unpaired) electrons. The third-order valence-electron chi connectivity index (χ3n) is 4.53. The normalized spacial score (nSPS) is 21.9. The first-order chi connectivity index (χ1) is 11.5. The molecule has 1 unspecified atom stereocenters. The summed E-state index contributed by atoms with van der Waals surface area (Å²) in [5.41, 5.74) is 4.35. The SMILES string of the molecule is CC(=O)NC1CCN(c2ccc(C3=NNC(=O)CC3C)cn2)CC1. The fourth-order valence-electron chi connectivity index (χ4n) is 3.27. The molecule has 0 spiro atoms. The second-order valence-electron chi connectivity index (χ2n) is 6.50. The first-order valence-electron chi connectivity index (χ1n) is 8.38. The average molecular weight is 329 g/mol. The molecule has 0 aliphatic carbocycles. The number of rotatable bonds is 3. The van der Waals surface area contributed by atoms with Crippen LogP contribution in [0.4, 0.5) is 5.82 Å². The lowest BCUT2D eigenvalue weighted by Crippen LogP contribution is -2.44. The van der Waals surface area contributed by atoms with E-state index in [0.717, 1.165) is 43.0 Å². The Kier molecular flexibility index (Phi) is 4.78. The minimum Gasteiger partial charge on any atom is -0.356 e. The third-order valence-corrected chi connectivity index (χ3v) is 4.53. The van der Waals surface area contributed by atoms with E-state index in [0.29, 0.717) is 6.42 Å². The first-order valence-corrected chi connectivity index (χ1v) is 8.38. The van der Waals surface area contributed by atoms with Gasteiger partial charge in [-0.2, -0.15) is 5.10 Å². The minimum atomic E-state index is -0.0436. The molecular formula is C17H23N5O2. The molecule has 3 heterocycles. The predicted octanol–water partition coefficient (Wildman–Crippen LogP) is 1.05. The smallest absolute Gasteiger partial charge is 0.240 e. The summed E-state index contributed by atoms with van der Waals surface area (Å²) in [4.78, 5) is 29.3. The highest BCUT2D eigenvalue weighted by Gasteiger charge is 2.23. The monoisotopic (exact) mass is 329 g/mol. The van der Waals surface area contributed by atoms with Crippen molar-refractivity contribution in [3.8, 4) is 0 Å². The third kappa shape index (κ3) is 3.72. The maximum absolute atomic E-state index is 11.3. The number of hydrogen-bond donors (Lipinski definition) is 2. The van der Waals surface area contributed by atoms with Crippen LogP contribution in [0.2, 0.25) is 0 Å². The number of carbonyl (C=O) groups excluding carboxylic acids is 2. The van der Waals surface area contributed by atoms with Gasteiger partial charge in [-0.25, -0.2) is 10.4 Å². The van der Waals surface area contributed by atoms with Crippen LogP contribution in [0.3, 0.4) is 0 Å². The number of carbonyl (C=O) groups is 2. The zero-order valence-electron chi connectivity index (χ0n) is 14.1. The van der Waals surface area contributed by atoms with Crippen molar-refractivity contribution in [2.45, 2.75) is 39.2 Å². The van der Waals surface area contributed by atoms with E-state index in [9.17, 15) is 9.59 Å². The highest BCUT2D eigenvalue weighted by atomic mass is 16.2. The molecule has 7 nitrogen and oxygen atoms in total. The maximum atomic E-state index is 11.3. The van der Waals surface area contributed by atoms with E-state index in [1.165, 1.54) is 0 Å². The Labute approximate surface area is 141 Å². The van der Waals surface area contributed by atoms with Crippen LogP contribution in [0, 0.1) is 5.92 Å². The van der Waals surface area contributed by atoms with Crippen LogP contribution in [0.25, 0.3) is 0 Å². The van der Waals surface area contributed by atoms with Gasteiger partial charge in [0.2, 0.25) is 11.8 Å². The number of hydrazone groups is 1. The van der Waals surface area contributed by atoms with Gasteiger partial charge in [0.1, 0.15) is 5.82 Å². The van der Waals surface area contributed by atoms with E-state index in [1.807, 2.05) is 25.3 Å². The molecule has 0 saturated carbocycles. The highest BCUT2D eigenvalue weighted by molar-refractivity contribution is 6.05. The Bertz CT molecular complexity index is 647. The molecule has 2 aliphatic rings. The van der Waals surface area contributed by atoms with Gasteiger partial charge in [-0.3, -0.25) is 9.59 Å². The van der Waals surface area contributed by atoms with E-state index < -0.39 is 0 Å². The van der Waals surface area contributed by atoms with Crippen molar-refractivity contribution in [2.75, 3.05) is 18.0 Å². The Morgan fingerprint density at radius 1 is 1.33 bits per heavy atom. The van der Waals surface area contributed by atoms with E-state index in [2.05, 4.69) is 25.7 Å². The highest BCUT2D eigenvalue weighted by Crippen LogP contribution is 2.21. The van der Waals surface area contributed by atoms with E-state index in [4.69, 9.17) is 0 Å². The lowest BCUT2D eigenvalue weighted by molar-refractivity contribution is -0.122. The summed E-state index contributed by atoms with van der Waals surface area (Å²) in [5.74, 6) is 1.02. The zero-order chi connectivity index (χ0) is 17.1. The number of piperidine rings is 1. The van der Waals surface area contributed by atoms with Crippen LogP contribution >= 0.6 is 0 Å². The van der Waals surface area contributed by atoms with Gasteiger partial charge in [0, 0.05) is 50.2 Å². The van der Waals surface area contributed by atoms with Crippen molar-refractivity contribution in [1.29, 1.82) is 0 Å².